The second kappa shape index (κ2) is 4.20. The molecule has 2 aromatic rings. The molecule has 1 N–H and O–H groups in total. The Balaban J connectivity index is 3.03. The Morgan fingerprint density at radius 1 is 1.22 bits per heavy atom. The van der Waals surface area contributed by atoms with Crippen LogP contribution in [0.5, 0.6) is 0 Å². The maximum absolute atomic E-state index is 11.2. The summed E-state index contributed by atoms with van der Waals surface area (Å²) in [6.07, 6.45) is 0. The van der Waals surface area contributed by atoms with Gasteiger partial charge in [0, 0.05) is 11.5 Å². The second-order valence-corrected chi connectivity index (χ2v) is 5.27. The third kappa shape index (κ3) is 2.03. The molecule has 0 saturated carbocycles. The van der Waals surface area contributed by atoms with Crippen molar-refractivity contribution in [2.45, 2.75) is 4.90 Å². The molecular formula is C10H6ClNO5S. The quantitative estimate of drug-likeness (QED) is 0.520. The maximum atomic E-state index is 11.2. The van der Waals surface area contributed by atoms with Gasteiger partial charge in [-0.1, -0.05) is 17.7 Å². The van der Waals surface area contributed by atoms with Crippen molar-refractivity contribution < 1.29 is 17.9 Å². The average Bonchev–Trinajstić information content (AvgIpc) is 2.27. The van der Waals surface area contributed by atoms with E-state index in [1.807, 2.05) is 0 Å². The van der Waals surface area contributed by atoms with Crippen LogP contribution in [0.15, 0.2) is 35.2 Å². The number of nitro benzene ring substituents is 1. The summed E-state index contributed by atoms with van der Waals surface area (Å²) >= 11 is 5.85. The number of rotatable bonds is 2. The summed E-state index contributed by atoms with van der Waals surface area (Å²) in [7, 11) is -4.50. The predicted octanol–water partition coefficient (Wildman–Crippen LogP) is 2.65. The fourth-order valence-corrected chi connectivity index (χ4v) is 2.74. The smallest absolute Gasteiger partial charge is 0.282 e. The summed E-state index contributed by atoms with van der Waals surface area (Å²) in [4.78, 5) is 9.74. The van der Waals surface area contributed by atoms with E-state index in [9.17, 15) is 18.5 Å². The van der Waals surface area contributed by atoms with Crippen molar-refractivity contribution in [3.63, 3.8) is 0 Å². The van der Waals surface area contributed by atoms with E-state index >= 15 is 0 Å². The number of nitro groups is 1. The van der Waals surface area contributed by atoms with Crippen molar-refractivity contribution in [3.05, 3.63) is 45.5 Å². The molecule has 0 bridgehead atoms. The Hall–Kier alpha value is -1.70. The largest absolute Gasteiger partial charge is 0.295 e. The van der Waals surface area contributed by atoms with Gasteiger partial charge in [-0.2, -0.15) is 8.42 Å². The van der Waals surface area contributed by atoms with Crippen molar-refractivity contribution in [1.29, 1.82) is 0 Å². The summed E-state index contributed by atoms with van der Waals surface area (Å²) in [5.41, 5.74) is -0.278. The predicted molar refractivity (Wildman–Crippen MR) is 65.4 cm³/mol. The molecule has 2 aromatic carbocycles. The minimum absolute atomic E-state index is 0.0174. The third-order valence-corrected chi connectivity index (χ3v) is 3.61. The summed E-state index contributed by atoms with van der Waals surface area (Å²) in [5.74, 6) is 0. The molecule has 0 aliphatic carbocycles. The van der Waals surface area contributed by atoms with E-state index in [0.29, 0.717) is 0 Å². The highest BCUT2D eigenvalue weighted by Crippen LogP contribution is 2.35. The van der Waals surface area contributed by atoms with Crippen molar-refractivity contribution in [2.75, 3.05) is 0 Å². The molecule has 2 rings (SSSR count). The first-order chi connectivity index (χ1) is 8.32. The fraction of sp³-hybridized carbons (Fsp3) is 0. The standard InChI is InChI=1S/C10H6ClNO5S/c11-7-4-5-8(12(13)14)6-2-1-3-9(10(6)7)18(15,16)17/h1-5H,(H,15,16,17). The van der Waals surface area contributed by atoms with Gasteiger partial charge in [-0.15, -0.1) is 0 Å². The van der Waals surface area contributed by atoms with Crippen LogP contribution in [0.4, 0.5) is 5.69 Å². The zero-order valence-corrected chi connectivity index (χ0v) is 10.3. The molecule has 94 valence electrons. The second-order valence-electron chi connectivity index (χ2n) is 3.48. The van der Waals surface area contributed by atoms with E-state index in [1.165, 1.54) is 24.3 Å². The minimum Gasteiger partial charge on any atom is -0.282 e. The van der Waals surface area contributed by atoms with E-state index in [0.717, 1.165) is 6.07 Å². The van der Waals surface area contributed by atoms with Gasteiger partial charge < -0.3 is 0 Å². The monoisotopic (exact) mass is 287 g/mol. The number of hydrogen-bond donors (Lipinski definition) is 1. The van der Waals surface area contributed by atoms with Crippen molar-refractivity contribution in [1.82, 2.24) is 0 Å². The van der Waals surface area contributed by atoms with Gasteiger partial charge in [-0.3, -0.25) is 14.7 Å². The van der Waals surface area contributed by atoms with Crippen LogP contribution in [-0.2, 0) is 10.1 Å². The van der Waals surface area contributed by atoms with Gasteiger partial charge in [0.1, 0.15) is 4.90 Å². The van der Waals surface area contributed by atoms with Gasteiger partial charge in [0.05, 0.1) is 15.3 Å². The first kappa shape index (κ1) is 12.7. The Morgan fingerprint density at radius 3 is 2.44 bits per heavy atom. The molecule has 0 aliphatic heterocycles. The summed E-state index contributed by atoms with van der Waals surface area (Å²) in [5, 5.41) is 10.9. The third-order valence-electron chi connectivity index (χ3n) is 2.40. The van der Waals surface area contributed by atoms with Crippen LogP contribution < -0.4 is 0 Å². The lowest BCUT2D eigenvalue weighted by Crippen LogP contribution is -2.00. The topological polar surface area (TPSA) is 97.5 Å². The fourth-order valence-electron chi connectivity index (χ4n) is 1.69. The van der Waals surface area contributed by atoms with Gasteiger partial charge >= 0.3 is 0 Å². The minimum atomic E-state index is -4.50. The molecule has 0 atom stereocenters. The normalized spacial score (nSPS) is 11.7. The highest BCUT2D eigenvalue weighted by molar-refractivity contribution is 7.86. The van der Waals surface area contributed by atoms with E-state index in [-0.39, 0.29) is 21.5 Å². The van der Waals surface area contributed by atoms with Crippen LogP contribution in [-0.4, -0.2) is 17.9 Å². The zero-order chi connectivity index (χ0) is 13.5. The van der Waals surface area contributed by atoms with Gasteiger partial charge in [0.25, 0.3) is 15.8 Å². The molecular weight excluding hydrogens is 282 g/mol. The molecule has 0 aromatic heterocycles. The molecule has 18 heavy (non-hydrogen) atoms. The Morgan fingerprint density at radius 2 is 1.89 bits per heavy atom. The SMILES string of the molecule is O=[N+]([O-])c1ccc(Cl)c2c(S(=O)(=O)O)cccc12. The van der Waals surface area contributed by atoms with Crippen LogP contribution >= 0.6 is 11.6 Å². The van der Waals surface area contributed by atoms with E-state index < -0.39 is 19.9 Å². The van der Waals surface area contributed by atoms with Crippen molar-refractivity contribution >= 4 is 38.2 Å². The molecule has 0 heterocycles. The lowest BCUT2D eigenvalue weighted by molar-refractivity contribution is -0.383. The number of fused-ring (bicyclic) bond motifs is 1. The van der Waals surface area contributed by atoms with Crippen LogP contribution in [0.3, 0.4) is 0 Å². The van der Waals surface area contributed by atoms with E-state index in [2.05, 4.69) is 0 Å². The van der Waals surface area contributed by atoms with Crippen molar-refractivity contribution in [2.24, 2.45) is 0 Å². The van der Waals surface area contributed by atoms with Gasteiger partial charge in [0.2, 0.25) is 0 Å². The highest BCUT2D eigenvalue weighted by Gasteiger charge is 2.21. The first-order valence-corrected chi connectivity index (χ1v) is 6.47. The number of non-ortho nitro benzene ring substituents is 1. The lowest BCUT2D eigenvalue weighted by atomic mass is 10.1. The molecule has 0 radical (unpaired) electrons. The summed E-state index contributed by atoms with van der Waals surface area (Å²) in [6, 6.07) is 6.20. The Labute approximate surface area is 107 Å². The van der Waals surface area contributed by atoms with Gasteiger partial charge in [-0.25, -0.2) is 0 Å². The molecule has 0 amide bonds. The van der Waals surface area contributed by atoms with E-state index in [1.54, 1.807) is 0 Å². The molecule has 6 nitrogen and oxygen atoms in total. The molecule has 0 aliphatic rings. The van der Waals surface area contributed by atoms with Crippen molar-refractivity contribution in [3.8, 4) is 0 Å². The number of benzene rings is 2. The van der Waals surface area contributed by atoms with Gasteiger partial charge in [-0.05, 0) is 18.2 Å². The van der Waals surface area contributed by atoms with E-state index in [4.69, 9.17) is 16.2 Å². The number of nitrogens with zero attached hydrogens (tertiary/aromatic N) is 1. The van der Waals surface area contributed by atoms with Crippen LogP contribution in [0.2, 0.25) is 5.02 Å². The number of halogens is 1. The summed E-state index contributed by atoms with van der Waals surface area (Å²) in [6.45, 7) is 0. The molecule has 0 saturated heterocycles. The molecule has 0 spiro atoms. The Bertz CT molecular complexity index is 756. The maximum Gasteiger partial charge on any atom is 0.295 e. The molecule has 8 heteroatoms. The lowest BCUT2D eigenvalue weighted by Gasteiger charge is -2.06. The Kier molecular flexibility index (Phi) is 2.97. The highest BCUT2D eigenvalue weighted by atomic mass is 35.5. The number of hydrogen-bond acceptors (Lipinski definition) is 4. The van der Waals surface area contributed by atoms with Crippen LogP contribution in [0, 0.1) is 10.1 Å². The molecule has 0 fully saturated rings. The average molecular weight is 288 g/mol. The van der Waals surface area contributed by atoms with Crippen LogP contribution in [0.25, 0.3) is 10.8 Å². The van der Waals surface area contributed by atoms with Crippen LogP contribution in [0.1, 0.15) is 0 Å². The zero-order valence-electron chi connectivity index (χ0n) is 8.70. The first-order valence-electron chi connectivity index (χ1n) is 4.65. The summed E-state index contributed by atoms with van der Waals surface area (Å²) < 4.78 is 31.5. The van der Waals surface area contributed by atoms with Gasteiger partial charge in [0.15, 0.2) is 0 Å². The molecule has 0 unspecified atom stereocenters.